The van der Waals surface area contributed by atoms with Gasteiger partial charge in [0, 0.05) is 12.1 Å². The Labute approximate surface area is 133 Å². The zero-order chi connectivity index (χ0) is 16.6. The van der Waals surface area contributed by atoms with Crippen molar-refractivity contribution in [1.29, 1.82) is 0 Å². The van der Waals surface area contributed by atoms with Crippen LogP contribution in [0.4, 0.5) is 10.1 Å². The van der Waals surface area contributed by atoms with Crippen LogP contribution >= 0.6 is 0 Å². The SMILES string of the molecule is Cc1cc(C)cc(NC(=O)C2Cc3cc(F)ccc3C(=O)O2)c1. The molecule has 1 heterocycles. The molecule has 0 bridgehead atoms. The molecule has 2 aromatic carbocycles. The number of hydrogen-bond donors (Lipinski definition) is 1. The molecule has 1 unspecified atom stereocenters. The molecule has 1 amide bonds. The summed E-state index contributed by atoms with van der Waals surface area (Å²) in [6.07, 6.45) is -0.798. The smallest absolute Gasteiger partial charge is 0.339 e. The summed E-state index contributed by atoms with van der Waals surface area (Å²) in [5.41, 5.74) is 3.49. The molecule has 3 rings (SSSR count). The third-order valence-electron chi connectivity index (χ3n) is 3.72. The van der Waals surface area contributed by atoms with Crippen LogP contribution in [0.3, 0.4) is 0 Å². The van der Waals surface area contributed by atoms with Gasteiger partial charge in [0.2, 0.25) is 0 Å². The van der Waals surface area contributed by atoms with E-state index < -0.39 is 23.8 Å². The lowest BCUT2D eigenvalue weighted by Gasteiger charge is -2.24. The minimum atomic E-state index is -0.961. The van der Waals surface area contributed by atoms with E-state index in [9.17, 15) is 14.0 Å². The van der Waals surface area contributed by atoms with Crippen molar-refractivity contribution in [2.75, 3.05) is 5.32 Å². The molecule has 1 atom stereocenters. The van der Waals surface area contributed by atoms with Crippen LogP contribution in [0.5, 0.6) is 0 Å². The van der Waals surface area contributed by atoms with E-state index in [2.05, 4.69) is 5.32 Å². The van der Waals surface area contributed by atoms with Crippen LogP contribution in [-0.2, 0) is 16.0 Å². The Balaban J connectivity index is 1.80. The second kappa shape index (κ2) is 5.83. The second-order valence-electron chi connectivity index (χ2n) is 5.77. The fraction of sp³-hybridized carbons (Fsp3) is 0.222. The van der Waals surface area contributed by atoms with Crippen LogP contribution in [0.25, 0.3) is 0 Å². The lowest BCUT2D eigenvalue weighted by Crippen LogP contribution is -2.38. The van der Waals surface area contributed by atoms with Crippen molar-refractivity contribution in [3.63, 3.8) is 0 Å². The van der Waals surface area contributed by atoms with Crippen molar-refractivity contribution in [3.05, 3.63) is 64.5 Å². The van der Waals surface area contributed by atoms with Crippen LogP contribution in [0.2, 0.25) is 0 Å². The number of fused-ring (bicyclic) bond motifs is 1. The Bertz CT molecular complexity index is 781. The highest BCUT2D eigenvalue weighted by Gasteiger charge is 2.31. The maximum Gasteiger partial charge on any atom is 0.339 e. The minimum absolute atomic E-state index is 0.162. The molecular weight excluding hydrogens is 297 g/mol. The molecule has 23 heavy (non-hydrogen) atoms. The molecule has 1 aliphatic heterocycles. The van der Waals surface area contributed by atoms with Gasteiger partial charge >= 0.3 is 5.97 Å². The highest BCUT2D eigenvalue weighted by Crippen LogP contribution is 2.23. The number of carbonyl (C=O) groups is 2. The summed E-state index contributed by atoms with van der Waals surface area (Å²) in [6.45, 7) is 3.87. The van der Waals surface area contributed by atoms with Gasteiger partial charge in [-0.3, -0.25) is 4.79 Å². The summed E-state index contributed by atoms with van der Waals surface area (Å²) in [7, 11) is 0. The van der Waals surface area contributed by atoms with Crippen molar-refractivity contribution in [2.24, 2.45) is 0 Å². The fourth-order valence-electron chi connectivity index (χ4n) is 2.78. The predicted molar refractivity (Wildman–Crippen MR) is 83.9 cm³/mol. The Morgan fingerprint density at radius 3 is 2.57 bits per heavy atom. The first-order valence-corrected chi connectivity index (χ1v) is 7.31. The molecule has 4 nitrogen and oxygen atoms in total. The van der Waals surface area contributed by atoms with Crippen molar-refractivity contribution in [1.82, 2.24) is 0 Å². The van der Waals surface area contributed by atoms with E-state index in [0.717, 1.165) is 11.1 Å². The molecule has 0 saturated heterocycles. The Kier molecular flexibility index (Phi) is 3.86. The minimum Gasteiger partial charge on any atom is -0.448 e. The van der Waals surface area contributed by atoms with E-state index in [-0.39, 0.29) is 6.42 Å². The molecule has 1 N–H and O–H groups in total. The van der Waals surface area contributed by atoms with Gasteiger partial charge in [-0.25, -0.2) is 9.18 Å². The molecule has 5 heteroatoms. The van der Waals surface area contributed by atoms with E-state index in [1.807, 2.05) is 32.0 Å². The zero-order valence-corrected chi connectivity index (χ0v) is 12.9. The van der Waals surface area contributed by atoms with Gasteiger partial charge in [-0.1, -0.05) is 6.07 Å². The number of halogens is 1. The summed E-state index contributed by atoms with van der Waals surface area (Å²) >= 11 is 0. The summed E-state index contributed by atoms with van der Waals surface area (Å²) < 4.78 is 18.5. The van der Waals surface area contributed by atoms with Crippen LogP contribution < -0.4 is 5.32 Å². The van der Waals surface area contributed by atoms with Gasteiger partial charge in [-0.15, -0.1) is 0 Å². The largest absolute Gasteiger partial charge is 0.448 e. The monoisotopic (exact) mass is 313 g/mol. The van der Waals surface area contributed by atoms with Gasteiger partial charge in [0.25, 0.3) is 5.91 Å². The summed E-state index contributed by atoms with van der Waals surface area (Å²) in [5.74, 6) is -1.46. The van der Waals surface area contributed by atoms with E-state index in [4.69, 9.17) is 4.74 Å². The van der Waals surface area contributed by atoms with Gasteiger partial charge in [0.15, 0.2) is 6.10 Å². The first kappa shape index (κ1) is 15.2. The number of ether oxygens (including phenoxy) is 1. The van der Waals surface area contributed by atoms with Crippen LogP contribution in [0.15, 0.2) is 36.4 Å². The van der Waals surface area contributed by atoms with Crippen LogP contribution in [0.1, 0.15) is 27.0 Å². The second-order valence-corrected chi connectivity index (χ2v) is 5.77. The summed E-state index contributed by atoms with van der Waals surface area (Å²) in [6, 6.07) is 9.52. The average molecular weight is 313 g/mol. The molecule has 1 aliphatic rings. The Morgan fingerprint density at radius 1 is 1.17 bits per heavy atom. The highest BCUT2D eigenvalue weighted by atomic mass is 19.1. The van der Waals surface area contributed by atoms with Crippen molar-refractivity contribution in [2.45, 2.75) is 26.4 Å². The first-order chi connectivity index (χ1) is 10.9. The maximum atomic E-state index is 13.3. The zero-order valence-electron chi connectivity index (χ0n) is 12.9. The number of carbonyl (C=O) groups excluding carboxylic acids is 2. The van der Waals surface area contributed by atoms with E-state index >= 15 is 0 Å². The Morgan fingerprint density at radius 2 is 1.87 bits per heavy atom. The van der Waals surface area contributed by atoms with Gasteiger partial charge < -0.3 is 10.1 Å². The number of cyclic esters (lactones) is 1. The topological polar surface area (TPSA) is 55.4 Å². The summed E-state index contributed by atoms with van der Waals surface area (Å²) in [4.78, 5) is 24.3. The molecule has 118 valence electrons. The maximum absolute atomic E-state index is 13.3. The lowest BCUT2D eigenvalue weighted by atomic mass is 9.98. The molecule has 0 fully saturated rings. The molecule has 0 aromatic heterocycles. The quantitative estimate of drug-likeness (QED) is 0.867. The van der Waals surface area contributed by atoms with Crippen molar-refractivity contribution in [3.8, 4) is 0 Å². The number of rotatable bonds is 2. The third-order valence-corrected chi connectivity index (χ3v) is 3.72. The average Bonchev–Trinajstić information content (AvgIpc) is 2.45. The van der Waals surface area contributed by atoms with Gasteiger partial charge in [0.05, 0.1) is 5.56 Å². The van der Waals surface area contributed by atoms with Gasteiger partial charge in [-0.05, 0) is 60.9 Å². The molecule has 2 aromatic rings. The lowest BCUT2D eigenvalue weighted by molar-refractivity contribution is -0.125. The van der Waals surface area contributed by atoms with E-state index in [1.54, 1.807) is 0 Å². The van der Waals surface area contributed by atoms with Crippen LogP contribution in [0, 0.1) is 19.7 Å². The fourth-order valence-corrected chi connectivity index (χ4v) is 2.78. The third kappa shape index (κ3) is 3.23. The Hall–Kier alpha value is -2.69. The van der Waals surface area contributed by atoms with Gasteiger partial charge in [0.1, 0.15) is 5.82 Å². The molecule has 0 aliphatic carbocycles. The number of hydrogen-bond acceptors (Lipinski definition) is 3. The van der Waals surface area contributed by atoms with Crippen LogP contribution in [-0.4, -0.2) is 18.0 Å². The highest BCUT2D eigenvalue weighted by molar-refractivity contribution is 6.00. The number of benzene rings is 2. The van der Waals surface area contributed by atoms with Crippen molar-refractivity contribution < 1.29 is 18.7 Å². The number of nitrogens with one attached hydrogen (secondary N) is 1. The number of esters is 1. The van der Waals surface area contributed by atoms with E-state index in [1.165, 1.54) is 18.2 Å². The molecular formula is C18H16FNO3. The molecule has 0 radical (unpaired) electrons. The van der Waals surface area contributed by atoms with Crippen molar-refractivity contribution >= 4 is 17.6 Å². The normalized spacial score (nSPS) is 16.5. The summed E-state index contributed by atoms with van der Waals surface area (Å²) in [5, 5.41) is 2.75. The number of aryl methyl sites for hydroxylation is 2. The van der Waals surface area contributed by atoms with E-state index in [0.29, 0.717) is 16.8 Å². The molecule has 0 spiro atoms. The van der Waals surface area contributed by atoms with Gasteiger partial charge in [-0.2, -0.15) is 0 Å². The number of amides is 1. The predicted octanol–water partition coefficient (Wildman–Crippen LogP) is 3.16. The molecule has 0 saturated carbocycles. The standard InChI is InChI=1S/C18H16FNO3/c1-10-5-11(2)7-14(6-10)20-17(21)16-9-12-8-13(19)3-4-15(12)18(22)23-16/h3-8,16H,9H2,1-2H3,(H,20,21). The first-order valence-electron chi connectivity index (χ1n) is 7.31. The number of anilines is 1.